The number of carbonyl (C=O) groups is 1. The van der Waals surface area contributed by atoms with E-state index in [9.17, 15) is 4.79 Å². The number of methoxy groups -OCH3 is 1. The van der Waals surface area contributed by atoms with Gasteiger partial charge in [0.15, 0.2) is 0 Å². The van der Waals surface area contributed by atoms with Gasteiger partial charge in [0, 0.05) is 6.54 Å². The highest BCUT2D eigenvalue weighted by atomic mass is 16.5. The van der Waals surface area contributed by atoms with E-state index in [-0.39, 0.29) is 5.91 Å². The van der Waals surface area contributed by atoms with Crippen molar-refractivity contribution in [2.75, 3.05) is 25.5 Å². The summed E-state index contributed by atoms with van der Waals surface area (Å²) in [5.41, 5.74) is 1.13. The van der Waals surface area contributed by atoms with Crippen molar-refractivity contribution in [1.29, 1.82) is 0 Å². The Bertz CT molecular complexity index is 428. The summed E-state index contributed by atoms with van der Waals surface area (Å²) in [6, 6.07) is 7.41. The molecule has 0 bridgehead atoms. The summed E-state index contributed by atoms with van der Waals surface area (Å²) >= 11 is 0. The second-order valence-corrected chi connectivity index (χ2v) is 5.16. The lowest BCUT2D eigenvalue weighted by Gasteiger charge is -2.12. The van der Waals surface area contributed by atoms with Crippen molar-refractivity contribution in [3.63, 3.8) is 0 Å². The molecule has 4 nitrogen and oxygen atoms in total. The Hall–Kier alpha value is -1.55. The van der Waals surface area contributed by atoms with E-state index in [2.05, 4.69) is 17.6 Å². The predicted molar refractivity (Wildman–Crippen MR) is 71.8 cm³/mol. The first-order chi connectivity index (χ1) is 8.63. The molecule has 98 valence electrons. The van der Waals surface area contributed by atoms with Crippen molar-refractivity contribution in [1.82, 2.24) is 5.32 Å². The molecular weight excluding hydrogens is 228 g/mol. The van der Waals surface area contributed by atoms with Crippen LogP contribution < -0.4 is 15.4 Å². The summed E-state index contributed by atoms with van der Waals surface area (Å²) < 4.78 is 5.18. The molecule has 1 amide bonds. The molecule has 0 spiro atoms. The molecule has 0 heterocycles. The molecule has 0 aliphatic heterocycles. The second kappa shape index (κ2) is 5.40. The number of anilines is 1. The van der Waals surface area contributed by atoms with Crippen LogP contribution in [-0.4, -0.2) is 26.1 Å². The van der Waals surface area contributed by atoms with E-state index in [1.54, 1.807) is 7.11 Å². The van der Waals surface area contributed by atoms with E-state index in [0.29, 0.717) is 23.4 Å². The SMILES string of the molecule is COc1ccccc1NC(=O)CNCC1(C)CC1. The van der Waals surface area contributed by atoms with E-state index in [1.807, 2.05) is 24.3 Å². The van der Waals surface area contributed by atoms with Gasteiger partial charge in [-0.25, -0.2) is 0 Å². The number of para-hydroxylation sites is 2. The van der Waals surface area contributed by atoms with Crippen molar-refractivity contribution >= 4 is 11.6 Å². The quantitative estimate of drug-likeness (QED) is 0.810. The molecular formula is C14H20N2O2. The van der Waals surface area contributed by atoms with Crippen LogP contribution in [0.15, 0.2) is 24.3 Å². The summed E-state index contributed by atoms with van der Waals surface area (Å²) in [5, 5.41) is 6.03. The van der Waals surface area contributed by atoms with Gasteiger partial charge in [-0.3, -0.25) is 4.79 Å². The minimum Gasteiger partial charge on any atom is -0.495 e. The highest BCUT2D eigenvalue weighted by Crippen LogP contribution is 2.43. The minimum absolute atomic E-state index is 0.0382. The molecule has 4 heteroatoms. The predicted octanol–water partition coefficient (Wildman–Crippen LogP) is 2.02. The Balaban J connectivity index is 1.79. The highest BCUT2D eigenvalue weighted by Gasteiger charge is 2.36. The fourth-order valence-electron chi connectivity index (χ4n) is 1.81. The summed E-state index contributed by atoms with van der Waals surface area (Å²) in [5.74, 6) is 0.642. The lowest BCUT2D eigenvalue weighted by Crippen LogP contribution is -2.31. The zero-order chi connectivity index (χ0) is 13.0. The molecule has 0 unspecified atom stereocenters. The number of carbonyl (C=O) groups excluding carboxylic acids is 1. The van der Waals surface area contributed by atoms with Gasteiger partial charge in [0.2, 0.25) is 5.91 Å². The first-order valence-electron chi connectivity index (χ1n) is 6.27. The molecule has 0 aromatic heterocycles. The standard InChI is InChI=1S/C14H20N2O2/c1-14(7-8-14)10-15-9-13(17)16-11-5-3-4-6-12(11)18-2/h3-6,15H,7-10H2,1-2H3,(H,16,17). The maximum absolute atomic E-state index is 11.8. The van der Waals surface area contributed by atoms with E-state index in [1.165, 1.54) is 12.8 Å². The first kappa shape index (κ1) is 12.9. The van der Waals surface area contributed by atoms with Crippen LogP contribution in [0, 0.1) is 5.41 Å². The molecule has 1 fully saturated rings. The van der Waals surface area contributed by atoms with Crippen LogP contribution in [0.2, 0.25) is 0 Å². The van der Waals surface area contributed by atoms with Crippen LogP contribution >= 0.6 is 0 Å². The summed E-state index contributed by atoms with van der Waals surface area (Å²) in [4.78, 5) is 11.8. The van der Waals surface area contributed by atoms with Crippen LogP contribution in [0.1, 0.15) is 19.8 Å². The van der Waals surface area contributed by atoms with E-state index >= 15 is 0 Å². The van der Waals surface area contributed by atoms with Gasteiger partial charge in [-0.15, -0.1) is 0 Å². The van der Waals surface area contributed by atoms with Crippen LogP contribution in [-0.2, 0) is 4.79 Å². The first-order valence-corrected chi connectivity index (χ1v) is 6.27. The average Bonchev–Trinajstić information content (AvgIpc) is 3.08. The third-order valence-electron chi connectivity index (χ3n) is 3.32. The number of hydrogen-bond acceptors (Lipinski definition) is 3. The van der Waals surface area contributed by atoms with Gasteiger partial charge in [-0.05, 0) is 30.4 Å². The molecule has 1 aromatic rings. The molecule has 1 aliphatic carbocycles. The van der Waals surface area contributed by atoms with Gasteiger partial charge in [0.05, 0.1) is 19.3 Å². The van der Waals surface area contributed by atoms with E-state index in [0.717, 1.165) is 6.54 Å². The Labute approximate surface area is 108 Å². The van der Waals surface area contributed by atoms with Crippen LogP contribution in [0.3, 0.4) is 0 Å². The third-order valence-corrected chi connectivity index (χ3v) is 3.32. The van der Waals surface area contributed by atoms with Crippen molar-refractivity contribution in [3.8, 4) is 5.75 Å². The van der Waals surface area contributed by atoms with Crippen LogP contribution in [0.5, 0.6) is 5.75 Å². The van der Waals surface area contributed by atoms with Crippen molar-refractivity contribution < 1.29 is 9.53 Å². The lowest BCUT2D eigenvalue weighted by molar-refractivity contribution is -0.115. The molecule has 0 saturated heterocycles. The van der Waals surface area contributed by atoms with Gasteiger partial charge in [-0.2, -0.15) is 0 Å². The van der Waals surface area contributed by atoms with Crippen molar-refractivity contribution in [2.24, 2.45) is 5.41 Å². The molecule has 2 N–H and O–H groups in total. The Kier molecular flexibility index (Phi) is 3.87. The Morgan fingerprint density at radius 2 is 2.11 bits per heavy atom. The number of nitrogens with one attached hydrogen (secondary N) is 2. The fraction of sp³-hybridized carbons (Fsp3) is 0.500. The molecule has 2 rings (SSSR count). The molecule has 1 aliphatic rings. The Morgan fingerprint density at radius 3 is 2.78 bits per heavy atom. The van der Waals surface area contributed by atoms with E-state index in [4.69, 9.17) is 4.74 Å². The lowest BCUT2D eigenvalue weighted by atomic mass is 10.1. The molecule has 0 radical (unpaired) electrons. The monoisotopic (exact) mass is 248 g/mol. The maximum Gasteiger partial charge on any atom is 0.238 e. The van der Waals surface area contributed by atoms with Gasteiger partial charge in [0.25, 0.3) is 0 Å². The van der Waals surface area contributed by atoms with Gasteiger partial charge in [-0.1, -0.05) is 19.1 Å². The summed E-state index contributed by atoms with van der Waals surface area (Å²) in [6.45, 7) is 3.48. The van der Waals surface area contributed by atoms with Gasteiger partial charge in [0.1, 0.15) is 5.75 Å². The fourth-order valence-corrected chi connectivity index (χ4v) is 1.81. The number of benzene rings is 1. The molecule has 1 saturated carbocycles. The second-order valence-electron chi connectivity index (χ2n) is 5.16. The third kappa shape index (κ3) is 3.47. The van der Waals surface area contributed by atoms with Crippen LogP contribution in [0.4, 0.5) is 5.69 Å². The number of amides is 1. The van der Waals surface area contributed by atoms with E-state index < -0.39 is 0 Å². The number of hydrogen-bond donors (Lipinski definition) is 2. The van der Waals surface area contributed by atoms with Gasteiger partial charge >= 0.3 is 0 Å². The Morgan fingerprint density at radius 1 is 1.39 bits per heavy atom. The number of ether oxygens (including phenoxy) is 1. The van der Waals surface area contributed by atoms with Crippen molar-refractivity contribution in [2.45, 2.75) is 19.8 Å². The highest BCUT2D eigenvalue weighted by molar-refractivity contribution is 5.93. The number of rotatable bonds is 6. The zero-order valence-electron chi connectivity index (χ0n) is 11.0. The summed E-state index contributed by atoms with van der Waals surface area (Å²) in [7, 11) is 1.59. The topological polar surface area (TPSA) is 50.4 Å². The smallest absolute Gasteiger partial charge is 0.238 e. The average molecular weight is 248 g/mol. The van der Waals surface area contributed by atoms with Gasteiger partial charge < -0.3 is 15.4 Å². The normalized spacial score (nSPS) is 16.1. The molecule has 0 atom stereocenters. The molecule has 18 heavy (non-hydrogen) atoms. The summed E-state index contributed by atoms with van der Waals surface area (Å²) in [6.07, 6.45) is 2.52. The minimum atomic E-state index is -0.0382. The molecule has 1 aromatic carbocycles. The zero-order valence-corrected chi connectivity index (χ0v) is 11.0. The van der Waals surface area contributed by atoms with Crippen LogP contribution in [0.25, 0.3) is 0 Å². The maximum atomic E-state index is 11.8. The largest absolute Gasteiger partial charge is 0.495 e. The van der Waals surface area contributed by atoms with Crippen molar-refractivity contribution in [3.05, 3.63) is 24.3 Å².